The van der Waals surface area contributed by atoms with E-state index in [0.29, 0.717) is 17.3 Å². The van der Waals surface area contributed by atoms with E-state index in [-0.39, 0.29) is 6.54 Å². The van der Waals surface area contributed by atoms with Crippen LogP contribution in [0.5, 0.6) is 0 Å². The SMILES string of the molecule is NCc1cc(CS(=O)(=O)c2ccc(F)cc2F)ccn1. The van der Waals surface area contributed by atoms with Crippen molar-refractivity contribution in [3.8, 4) is 0 Å². The van der Waals surface area contributed by atoms with E-state index in [1.807, 2.05) is 0 Å². The van der Waals surface area contributed by atoms with E-state index in [2.05, 4.69) is 4.98 Å². The summed E-state index contributed by atoms with van der Waals surface area (Å²) in [6, 6.07) is 5.43. The Bertz CT molecular complexity index is 733. The van der Waals surface area contributed by atoms with Crippen molar-refractivity contribution >= 4 is 9.84 Å². The van der Waals surface area contributed by atoms with Gasteiger partial charge in [0, 0.05) is 18.8 Å². The fourth-order valence-corrected chi connectivity index (χ4v) is 3.16. The number of aromatic nitrogens is 1. The molecule has 7 heteroatoms. The molecule has 0 fully saturated rings. The minimum Gasteiger partial charge on any atom is -0.325 e. The molecule has 0 aliphatic heterocycles. The lowest BCUT2D eigenvalue weighted by Gasteiger charge is -2.07. The van der Waals surface area contributed by atoms with Gasteiger partial charge in [-0.1, -0.05) is 0 Å². The Labute approximate surface area is 115 Å². The van der Waals surface area contributed by atoms with Crippen LogP contribution < -0.4 is 5.73 Å². The van der Waals surface area contributed by atoms with Crippen molar-refractivity contribution in [1.29, 1.82) is 0 Å². The number of sulfone groups is 1. The van der Waals surface area contributed by atoms with E-state index < -0.39 is 32.1 Å². The maximum atomic E-state index is 13.5. The lowest BCUT2D eigenvalue weighted by molar-refractivity contribution is 0.549. The summed E-state index contributed by atoms with van der Waals surface area (Å²) in [5, 5.41) is 0. The van der Waals surface area contributed by atoms with Gasteiger partial charge in [-0.3, -0.25) is 4.98 Å². The molecular weight excluding hydrogens is 286 g/mol. The molecule has 2 rings (SSSR count). The third kappa shape index (κ3) is 3.17. The van der Waals surface area contributed by atoms with Crippen LogP contribution in [0.25, 0.3) is 0 Å². The highest BCUT2D eigenvalue weighted by molar-refractivity contribution is 7.90. The van der Waals surface area contributed by atoms with Crippen LogP contribution in [0.2, 0.25) is 0 Å². The predicted octanol–water partition coefficient (Wildman–Crippen LogP) is 1.79. The molecule has 1 aromatic heterocycles. The molecule has 0 bridgehead atoms. The zero-order chi connectivity index (χ0) is 14.8. The van der Waals surface area contributed by atoms with Crippen molar-refractivity contribution in [2.24, 2.45) is 5.73 Å². The van der Waals surface area contributed by atoms with Crippen molar-refractivity contribution in [3.63, 3.8) is 0 Å². The Kier molecular flexibility index (Phi) is 4.10. The van der Waals surface area contributed by atoms with Crippen LogP contribution in [0.3, 0.4) is 0 Å². The standard InChI is InChI=1S/C13H12F2N2O2S/c14-10-1-2-13(12(15)6-10)20(18,19)8-9-3-4-17-11(5-9)7-16/h1-6H,7-8,16H2. The summed E-state index contributed by atoms with van der Waals surface area (Å²) in [5.41, 5.74) is 6.41. The van der Waals surface area contributed by atoms with Gasteiger partial charge in [0.05, 0.1) is 11.4 Å². The summed E-state index contributed by atoms with van der Waals surface area (Å²) >= 11 is 0. The second-order valence-corrected chi connectivity index (χ2v) is 6.15. The molecule has 2 aromatic rings. The molecule has 0 radical (unpaired) electrons. The summed E-state index contributed by atoms with van der Waals surface area (Å²) in [6.45, 7) is 0.179. The summed E-state index contributed by atoms with van der Waals surface area (Å²) in [4.78, 5) is 3.42. The van der Waals surface area contributed by atoms with Gasteiger partial charge in [-0.2, -0.15) is 0 Å². The summed E-state index contributed by atoms with van der Waals surface area (Å²) < 4.78 is 50.6. The highest BCUT2D eigenvalue weighted by atomic mass is 32.2. The van der Waals surface area contributed by atoms with Crippen LogP contribution in [0, 0.1) is 11.6 Å². The Morgan fingerprint density at radius 3 is 2.55 bits per heavy atom. The predicted molar refractivity (Wildman–Crippen MR) is 69.4 cm³/mol. The maximum absolute atomic E-state index is 13.5. The van der Waals surface area contributed by atoms with Crippen LogP contribution in [0.4, 0.5) is 8.78 Å². The topological polar surface area (TPSA) is 73.1 Å². The Hall–Kier alpha value is -1.86. The number of halogens is 2. The molecular formula is C13H12F2N2O2S. The zero-order valence-electron chi connectivity index (χ0n) is 10.4. The molecule has 1 heterocycles. The number of benzene rings is 1. The summed E-state index contributed by atoms with van der Waals surface area (Å²) in [7, 11) is -3.90. The zero-order valence-corrected chi connectivity index (χ0v) is 11.2. The molecule has 0 atom stereocenters. The lowest BCUT2D eigenvalue weighted by Crippen LogP contribution is -2.09. The average Bonchev–Trinajstić information content (AvgIpc) is 2.37. The molecule has 0 saturated carbocycles. The first-order valence-electron chi connectivity index (χ1n) is 5.74. The van der Waals surface area contributed by atoms with Gasteiger partial charge in [-0.15, -0.1) is 0 Å². The molecule has 2 N–H and O–H groups in total. The normalized spacial score (nSPS) is 11.6. The fourth-order valence-electron chi connectivity index (χ4n) is 1.75. The molecule has 20 heavy (non-hydrogen) atoms. The highest BCUT2D eigenvalue weighted by Crippen LogP contribution is 2.20. The van der Waals surface area contributed by atoms with Crippen molar-refractivity contribution in [2.75, 3.05) is 0 Å². The van der Waals surface area contributed by atoms with E-state index in [1.165, 1.54) is 12.3 Å². The Morgan fingerprint density at radius 2 is 1.90 bits per heavy atom. The van der Waals surface area contributed by atoms with Gasteiger partial charge in [-0.05, 0) is 29.8 Å². The number of nitrogens with two attached hydrogens (primary N) is 1. The van der Waals surface area contributed by atoms with Gasteiger partial charge in [0.2, 0.25) is 0 Å². The average molecular weight is 298 g/mol. The van der Waals surface area contributed by atoms with Crippen molar-refractivity contribution < 1.29 is 17.2 Å². The number of rotatable bonds is 4. The maximum Gasteiger partial charge on any atom is 0.185 e. The van der Waals surface area contributed by atoms with Crippen LogP contribution in [0.15, 0.2) is 41.4 Å². The first-order valence-corrected chi connectivity index (χ1v) is 7.39. The van der Waals surface area contributed by atoms with Crippen LogP contribution in [-0.2, 0) is 22.1 Å². The minimum atomic E-state index is -3.90. The Balaban J connectivity index is 2.35. The van der Waals surface area contributed by atoms with E-state index in [4.69, 9.17) is 5.73 Å². The Morgan fingerprint density at radius 1 is 1.15 bits per heavy atom. The smallest absolute Gasteiger partial charge is 0.185 e. The largest absolute Gasteiger partial charge is 0.325 e. The first-order chi connectivity index (χ1) is 9.42. The molecule has 0 amide bonds. The minimum absolute atomic E-state index is 0.179. The molecule has 0 spiro atoms. The number of hydrogen-bond donors (Lipinski definition) is 1. The molecule has 106 valence electrons. The van der Waals surface area contributed by atoms with Gasteiger partial charge in [-0.25, -0.2) is 17.2 Å². The van der Waals surface area contributed by atoms with E-state index >= 15 is 0 Å². The highest BCUT2D eigenvalue weighted by Gasteiger charge is 2.20. The van der Waals surface area contributed by atoms with Crippen molar-refractivity contribution in [3.05, 3.63) is 59.4 Å². The van der Waals surface area contributed by atoms with Gasteiger partial charge >= 0.3 is 0 Å². The second kappa shape index (κ2) is 5.64. The van der Waals surface area contributed by atoms with Crippen LogP contribution in [0.1, 0.15) is 11.3 Å². The van der Waals surface area contributed by atoms with E-state index in [1.54, 1.807) is 6.07 Å². The van der Waals surface area contributed by atoms with Crippen LogP contribution >= 0.6 is 0 Å². The second-order valence-electron chi connectivity index (χ2n) is 4.19. The van der Waals surface area contributed by atoms with Gasteiger partial charge in [0.25, 0.3) is 0 Å². The molecule has 0 saturated heterocycles. The fraction of sp³-hybridized carbons (Fsp3) is 0.154. The first kappa shape index (κ1) is 14.5. The molecule has 1 aromatic carbocycles. The van der Waals surface area contributed by atoms with Crippen molar-refractivity contribution in [1.82, 2.24) is 4.98 Å². The third-order valence-corrected chi connectivity index (χ3v) is 4.39. The third-order valence-electron chi connectivity index (χ3n) is 2.68. The lowest BCUT2D eigenvalue weighted by atomic mass is 10.2. The molecule has 4 nitrogen and oxygen atoms in total. The summed E-state index contributed by atoms with van der Waals surface area (Å²) in [5.74, 6) is -2.32. The number of nitrogens with zero attached hydrogens (tertiary/aromatic N) is 1. The number of pyridine rings is 1. The molecule has 0 aliphatic rings. The van der Waals surface area contributed by atoms with E-state index in [0.717, 1.165) is 12.1 Å². The van der Waals surface area contributed by atoms with Gasteiger partial charge in [0.1, 0.15) is 16.5 Å². The molecule has 0 unspecified atom stereocenters. The number of hydrogen-bond acceptors (Lipinski definition) is 4. The van der Waals surface area contributed by atoms with Gasteiger partial charge in [0.15, 0.2) is 9.84 Å². The van der Waals surface area contributed by atoms with Crippen molar-refractivity contribution in [2.45, 2.75) is 17.2 Å². The molecule has 0 aliphatic carbocycles. The monoisotopic (exact) mass is 298 g/mol. The van der Waals surface area contributed by atoms with E-state index in [9.17, 15) is 17.2 Å². The van der Waals surface area contributed by atoms with Gasteiger partial charge < -0.3 is 5.73 Å². The quantitative estimate of drug-likeness (QED) is 0.873. The summed E-state index contributed by atoms with van der Waals surface area (Å²) in [6.07, 6.45) is 1.44. The van der Waals surface area contributed by atoms with Crippen LogP contribution in [-0.4, -0.2) is 13.4 Å².